The summed E-state index contributed by atoms with van der Waals surface area (Å²) in [6.45, 7) is 6.74. The Morgan fingerprint density at radius 3 is 2.65 bits per heavy atom. The standard InChI is InChI=1S/C18H21FN6O/c1-4-26-11-25-17(15-9-10-20-18(22-15)21-12(2)3)16(23-24-25)13-5-7-14(19)8-6-13/h5-10,12H,4,11H2,1-3H3,(H,20,21,22). The molecule has 0 atom stereocenters. The largest absolute Gasteiger partial charge is 0.359 e. The van der Waals surface area contributed by atoms with Crippen LogP contribution in [0, 0.1) is 5.82 Å². The van der Waals surface area contributed by atoms with Crippen LogP contribution in [0.5, 0.6) is 0 Å². The lowest BCUT2D eigenvalue weighted by Crippen LogP contribution is -2.13. The smallest absolute Gasteiger partial charge is 0.223 e. The molecule has 0 amide bonds. The summed E-state index contributed by atoms with van der Waals surface area (Å²) in [5, 5.41) is 11.6. The number of ether oxygens (including phenoxy) is 1. The van der Waals surface area contributed by atoms with Crippen molar-refractivity contribution in [2.45, 2.75) is 33.5 Å². The van der Waals surface area contributed by atoms with Crippen molar-refractivity contribution in [3.05, 3.63) is 42.3 Å². The summed E-state index contributed by atoms with van der Waals surface area (Å²) in [6.07, 6.45) is 1.68. The molecule has 26 heavy (non-hydrogen) atoms. The van der Waals surface area contributed by atoms with Crippen molar-refractivity contribution in [3.63, 3.8) is 0 Å². The topological polar surface area (TPSA) is 77.8 Å². The monoisotopic (exact) mass is 356 g/mol. The van der Waals surface area contributed by atoms with Gasteiger partial charge in [-0.15, -0.1) is 5.10 Å². The Labute approximate surface area is 151 Å². The number of rotatable bonds is 7. The van der Waals surface area contributed by atoms with Crippen molar-refractivity contribution < 1.29 is 9.13 Å². The average Bonchev–Trinajstić information content (AvgIpc) is 3.04. The van der Waals surface area contributed by atoms with Gasteiger partial charge in [-0.2, -0.15) is 0 Å². The zero-order valence-electron chi connectivity index (χ0n) is 15.0. The number of aromatic nitrogens is 5. The molecule has 1 aromatic carbocycles. The highest BCUT2D eigenvalue weighted by Crippen LogP contribution is 2.29. The van der Waals surface area contributed by atoms with E-state index in [-0.39, 0.29) is 18.6 Å². The van der Waals surface area contributed by atoms with E-state index in [1.165, 1.54) is 12.1 Å². The summed E-state index contributed by atoms with van der Waals surface area (Å²) in [5.74, 6) is 0.217. The van der Waals surface area contributed by atoms with Gasteiger partial charge in [-0.05, 0) is 51.1 Å². The molecular formula is C18H21FN6O. The summed E-state index contributed by atoms with van der Waals surface area (Å²) in [4.78, 5) is 8.82. The van der Waals surface area contributed by atoms with Gasteiger partial charge >= 0.3 is 0 Å². The van der Waals surface area contributed by atoms with Crippen molar-refractivity contribution >= 4 is 5.95 Å². The highest BCUT2D eigenvalue weighted by atomic mass is 19.1. The fourth-order valence-electron chi connectivity index (χ4n) is 2.46. The van der Waals surface area contributed by atoms with Gasteiger partial charge in [0.25, 0.3) is 0 Å². The van der Waals surface area contributed by atoms with E-state index in [4.69, 9.17) is 4.74 Å². The number of hydrogen-bond donors (Lipinski definition) is 1. The van der Waals surface area contributed by atoms with Gasteiger partial charge in [-0.25, -0.2) is 19.0 Å². The van der Waals surface area contributed by atoms with E-state index in [2.05, 4.69) is 25.6 Å². The van der Waals surface area contributed by atoms with Crippen LogP contribution in [0.3, 0.4) is 0 Å². The quantitative estimate of drug-likeness (QED) is 0.699. The average molecular weight is 356 g/mol. The van der Waals surface area contributed by atoms with Gasteiger partial charge < -0.3 is 10.1 Å². The van der Waals surface area contributed by atoms with Crippen LogP contribution in [-0.2, 0) is 11.5 Å². The number of anilines is 1. The maximum atomic E-state index is 13.3. The molecule has 0 spiro atoms. The number of nitrogens with zero attached hydrogens (tertiary/aromatic N) is 5. The highest BCUT2D eigenvalue weighted by molar-refractivity contribution is 5.76. The molecule has 0 fully saturated rings. The predicted octanol–water partition coefficient (Wildman–Crippen LogP) is 3.36. The van der Waals surface area contributed by atoms with Gasteiger partial charge in [0.05, 0.1) is 5.69 Å². The first-order valence-corrected chi connectivity index (χ1v) is 8.45. The lowest BCUT2D eigenvalue weighted by atomic mass is 10.1. The first-order chi connectivity index (χ1) is 12.6. The van der Waals surface area contributed by atoms with Crippen molar-refractivity contribution in [1.29, 1.82) is 0 Å². The number of hydrogen-bond acceptors (Lipinski definition) is 6. The van der Waals surface area contributed by atoms with Crippen molar-refractivity contribution in [2.24, 2.45) is 0 Å². The van der Waals surface area contributed by atoms with E-state index in [9.17, 15) is 4.39 Å². The lowest BCUT2D eigenvalue weighted by Gasteiger charge is -2.11. The first kappa shape index (κ1) is 17.9. The van der Waals surface area contributed by atoms with E-state index in [1.54, 1.807) is 29.1 Å². The number of nitrogens with one attached hydrogen (secondary N) is 1. The van der Waals surface area contributed by atoms with Crippen molar-refractivity contribution in [2.75, 3.05) is 11.9 Å². The van der Waals surface area contributed by atoms with Crippen LogP contribution in [0.2, 0.25) is 0 Å². The van der Waals surface area contributed by atoms with Gasteiger partial charge in [-0.1, -0.05) is 5.21 Å². The van der Waals surface area contributed by atoms with Crippen molar-refractivity contribution in [1.82, 2.24) is 25.0 Å². The number of benzene rings is 1. The van der Waals surface area contributed by atoms with Gasteiger partial charge in [0.2, 0.25) is 5.95 Å². The minimum Gasteiger partial charge on any atom is -0.359 e. The minimum absolute atomic E-state index is 0.202. The predicted molar refractivity (Wildman–Crippen MR) is 96.8 cm³/mol. The summed E-state index contributed by atoms with van der Waals surface area (Å²) in [7, 11) is 0. The molecule has 0 aliphatic heterocycles. The fraction of sp³-hybridized carbons (Fsp3) is 0.333. The molecule has 2 aromatic heterocycles. The van der Waals surface area contributed by atoms with E-state index >= 15 is 0 Å². The summed E-state index contributed by atoms with van der Waals surface area (Å²) >= 11 is 0. The third kappa shape index (κ3) is 4.02. The zero-order chi connectivity index (χ0) is 18.5. The van der Waals surface area contributed by atoms with Crippen LogP contribution in [0.15, 0.2) is 36.5 Å². The molecule has 7 nitrogen and oxygen atoms in total. The van der Waals surface area contributed by atoms with E-state index in [0.717, 1.165) is 5.56 Å². The molecule has 2 heterocycles. The molecule has 0 aliphatic rings. The molecule has 0 aliphatic carbocycles. The molecule has 0 radical (unpaired) electrons. The zero-order valence-corrected chi connectivity index (χ0v) is 15.0. The molecule has 1 N–H and O–H groups in total. The second-order valence-electron chi connectivity index (χ2n) is 5.98. The second-order valence-corrected chi connectivity index (χ2v) is 5.98. The van der Waals surface area contributed by atoms with Crippen LogP contribution in [-0.4, -0.2) is 37.6 Å². The fourth-order valence-corrected chi connectivity index (χ4v) is 2.46. The molecule has 0 saturated heterocycles. The van der Waals surface area contributed by atoms with Gasteiger partial charge in [0, 0.05) is 24.4 Å². The Balaban J connectivity index is 2.08. The molecule has 8 heteroatoms. The van der Waals surface area contributed by atoms with Crippen LogP contribution < -0.4 is 5.32 Å². The van der Waals surface area contributed by atoms with Gasteiger partial charge in [0.15, 0.2) is 0 Å². The Kier molecular flexibility index (Phi) is 5.52. The summed E-state index contributed by atoms with van der Waals surface area (Å²) in [6, 6.07) is 8.12. The third-order valence-corrected chi connectivity index (χ3v) is 3.59. The van der Waals surface area contributed by atoms with Gasteiger partial charge in [-0.3, -0.25) is 0 Å². The Morgan fingerprint density at radius 2 is 1.96 bits per heavy atom. The SMILES string of the molecule is CCOCn1nnc(-c2ccc(F)cc2)c1-c1ccnc(NC(C)C)n1. The molecule has 3 rings (SSSR count). The lowest BCUT2D eigenvalue weighted by molar-refractivity contribution is 0.0790. The minimum atomic E-state index is -0.303. The Hall–Kier alpha value is -2.87. The Morgan fingerprint density at radius 1 is 1.19 bits per heavy atom. The van der Waals surface area contributed by atoms with Crippen LogP contribution in [0.1, 0.15) is 20.8 Å². The normalized spacial score (nSPS) is 11.1. The maximum absolute atomic E-state index is 13.3. The number of halogens is 1. The molecule has 0 unspecified atom stereocenters. The Bertz CT molecular complexity index is 862. The molecule has 3 aromatic rings. The summed E-state index contributed by atoms with van der Waals surface area (Å²) < 4.78 is 20.4. The third-order valence-electron chi connectivity index (χ3n) is 3.59. The molecule has 136 valence electrons. The molecule has 0 bridgehead atoms. The maximum Gasteiger partial charge on any atom is 0.223 e. The van der Waals surface area contributed by atoms with E-state index in [0.29, 0.717) is 29.6 Å². The summed E-state index contributed by atoms with van der Waals surface area (Å²) in [5.41, 5.74) is 2.71. The van der Waals surface area contributed by atoms with E-state index < -0.39 is 0 Å². The van der Waals surface area contributed by atoms with Crippen LogP contribution in [0.25, 0.3) is 22.6 Å². The van der Waals surface area contributed by atoms with Crippen LogP contribution >= 0.6 is 0 Å². The van der Waals surface area contributed by atoms with E-state index in [1.807, 2.05) is 20.8 Å². The highest BCUT2D eigenvalue weighted by Gasteiger charge is 2.19. The first-order valence-electron chi connectivity index (χ1n) is 8.45. The second kappa shape index (κ2) is 8.01. The van der Waals surface area contributed by atoms with Crippen LogP contribution in [0.4, 0.5) is 10.3 Å². The molecular weight excluding hydrogens is 335 g/mol. The molecule has 0 saturated carbocycles. The van der Waals surface area contributed by atoms with Gasteiger partial charge in [0.1, 0.15) is 23.9 Å². The van der Waals surface area contributed by atoms with Crippen molar-refractivity contribution in [3.8, 4) is 22.6 Å².